The van der Waals surface area contributed by atoms with E-state index in [-0.39, 0.29) is 18.8 Å². The predicted octanol–water partition coefficient (Wildman–Crippen LogP) is 1.14. The lowest BCUT2D eigenvalue weighted by atomic mass is 9.86. The standard InChI is InChI=1S/C29H38N3O14/c1-16-11-22(8-7-21(23(16)12-32(38)39)13-41-29(37)31-10-9-30(6)15-31)45-28-27(44-20(5)36)26(43-19(4)35)25(42-18(3)34)24(46-28)14-40-17(2)33/h7-10,15-16,23-28H,11-14H2,1-6H3/q+1/t16?,23?,24?,25-,26?,27-,28+/m0/s1. The van der Waals surface area contributed by atoms with Crippen LogP contribution in [-0.2, 0) is 59.4 Å². The van der Waals surface area contributed by atoms with Crippen molar-refractivity contribution in [1.82, 2.24) is 4.57 Å². The molecule has 7 atom stereocenters. The summed E-state index contributed by atoms with van der Waals surface area (Å²) in [5, 5.41) is 11.6. The molecule has 1 aromatic rings. The molecular formula is C29H38N3O14+. The van der Waals surface area contributed by atoms with Gasteiger partial charge in [-0.3, -0.25) is 29.3 Å². The van der Waals surface area contributed by atoms with Gasteiger partial charge in [0.05, 0.1) is 13.0 Å². The smallest absolute Gasteiger partial charge is 0.465 e. The zero-order chi connectivity index (χ0) is 34.1. The zero-order valence-electron chi connectivity index (χ0n) is 26.3. The molecule has 17 nitrogen and oxygen atoms in total. The van der Waals surface area contributed by atoms with Crippen molar-refractivity contribution in [2.75, 3.05) is 19.8 Å². The number of aromatic nitrogens is 2. The predicted molar refractivity (Wildman–Crippen MR) is 151 cm³/mol. The Kier molecular flexibility index (Phi) is 12.4. The van der Waals surface area contributed by atoms with E-state index in [9.17, 15) is 34.1 Å². The normalized spacial score (nSPS) is 25.9. The van der Waals surface area contributed by atoms with Crippen molar-refractivity contribution >= 4 is 30.0 Å². The molecule has 1 aliphatic carbocycles. The second kappa shape index (κ2) is 16.0. The van der Waals surface area contributed by atoms with E-state index in [1.165, 1.54) is 23.2 Å². The van der Waals surface area contributed by atoms with E-state index in [1.807, 2.05) is 0 Å². The van der Waals surface area contributed by atoms with E-state index in [1.54, 1.807) is 30.8 Å². The van der Waals surface area contributed by atoms with E-state index >= 15 is 0 Å². The van der Waals surface area contributed by atoms with Gasteiger partial charge in [-0.05, 0) is 17.6 Å². The largest absolute Gasteiger partial charge is 0.511 e. The van der Waals surface area contributed by atoms with Gasteiger partial charge in [0.15, 0.2) is 12.2 Å². The average Bonchev–Trinajstić information content (AvgIpc) is 3.33. The molecule has 0 N–H and O–H groups in total. The molecule has 2 heterocycles. The van der Waals surface area contributed by atoms with Gasteiger partial charge in [-0.2, -0.15) is 4.79 Å². The number of rotatable bonds is 11. The number of ether oxygens (including phenoxy) is 7. The lowest BCUT2D eigenvalue weighted by molar-refractivity contribution is -0.670. The molecule has 0 amide bonds. The fraction of sp³-hybridized carbons (Fsp3) is 0.586. The first-order chi connectivity index (χ1) is 21.6. The van der Waals surface area contributed by atoms with Crippen LogP contribution in [-0.4, -0.2) is 89.9 Å². The summed E-state index contributed by atoms with van der Waals surface area (Å²) >= 11 is 0. The van der Waals surface area contributed by atoms with Crippen molar-refractivity contribution in [3.05, 3.63) is 52.3 Å². The first kappa shape index (κ1) is 35.7. The Labute approximate surface area is 264 Å². The Bertz CT molecular complexity index is 1380. The van der Waals surface area contributed by atoms with Gasteiger partial charge in [0, 0.05) is 39.0 Å². The second-order valence-corrected chi connectivity index (χ2v) is 10.9. The molecule has 0 saturated carbocycles. The molecule has 4 unspecified atom stereocenters. The average molecular weight is 653 g/mol. The molecule has 46 heavy (non-hydrogen) atoms. The van der Waals surface area contributed by atoms with Crippen LogP contribution >= 0.6 is 0 Å². The molecule has 252 valence electrons. The van der Waals surface area contributed by atoms with Crippen LogP contribution < -0.4 is 4.57 Å². The summed E-state index contributed by atoms with van der Waals surface area (Å²) in [6, 6.07) is 0. The fourth-order valence-electron chi connectivity index (χ4n) is 5.13. The van der Waals surface area contributed by atoms with Gasteiger partial charge in [0.1, 0.15) is 37.5 Å². The van der Waals surface area contributed by atoms with Crippen LogP contribution in [0.4, 0.5) is 4.79 Å². The Morgan fingerprint density at radius 2 is 1.59 bits per heavy atom. The SMILES string of the molecule is CC(=O)OCC1O[C@@H](OC2=CC=C(COC(=O)n3cc[n+](C)c3)C(C[N+](=O)[O-])C(C)C2)[C@@H](OC(C)=O)C(OC(C)=O)[C@H]1OC(C)=O. The number of carbonyl (C=O) groups is 5. The van der Waals surface area contributed by atoms with Crippen molar-refractivity contribution < 1.29 is 66.6 Å². The maximum absolute atomic E-state index is 12.5. The summed E-state index contributed by atoms with van der Waals surface area (Å²) in [6.07, 6.45) is 0.201. The Morgan fingerprint density at radius 3 is 2.15 bits per heavy atom. The molecule has 1 fully saturated rings. The highest BCUT2D eigenvalue weighted by molar-refractivity contribution is 5.70. The van der Waals surface area contributed by atoms with Gasteiger partial charge < -0.3 is 33.2 Å². The van der Waals surface area contributed by atoms with Crippen LogP contribution in [0.1, 0.15) is 41.0 Å². The summed E-state index contributed by atoms with van der Waals surface area (Å²) < 4.78 is 41.8. The maximum atomic E-state index is 12.5. The number of imidazole rings is 1. The highest BCUT2D eigenvalue weighted by Gasteiger charge is 2.53. The third-order valence-corrected chi connectivity index (χ3v) is 7.07. The molecule has 1 saturated heterocycles. The molecule has 0 aromatic carbocycles. The van der Waals surface area contributed by atoms with E-state index in [0.717, 1.165) is 27.7 Å². The minimum atomic E-state index is -1.48. The number of aryl methyl sites for hydroxylation is 1. The van der Waals surface area contributed by atoms with Gasteiger partial charge in [-0.25, -0.2) is 4.57 Å². The molecule has 0 radical (unpaired) electrons. The lowest BCUT2D eigenvalue weighted by Gasteiger charge is -2.44. The number of nitro groups is 1. The van der Waals surface area contributed by atoms with Crippen molar-refractivity contribution in [2.24, 2.45) is 18.9 Å². The van der Waals surface area contributed by atoms with Gasteiger partial charge in [-0.15, -0.1) is 4.57 Å². The highest BCUT2D eigenvalue weighted by Crippen LogP contribution is 2.35. The van der Waals surface area contributed by atoms with Crippen LogP contribution in [0.2, 0.25) is 0 Å². The van der Waals surface area contributed by atoms with Crippen LogP contribution in [0.25, 0.3) is 0 Å². The first-order valence-corrected chi connectivity index (χ1v) is 14.3. The van der Waals surface area contributed by atoms with Crippen molar-refractivity contribution in [3.8, 4) is 0 Å². The molecule has 17 heteroatoms. The zero-order valence-corrected chi connectivity index (χ0v) is 26.3. The summed E-state index contributed by atoms with van der Waals surface area (Å²) in [4.78, 5) is 71.5. The van der Waals surface area contributed by atoms with Crippen molar-refractivity contribution in [3.63, 3.8) is 0 Å². The third kappa shape index (κ3) is 10.1. The van der Waals surface area contributed by atoms with E-state index in [4.69, 9.17) is 33.2 Å². The number of allylic oxidation sites excluding steroid dienone is 3. The number of hydrogen-bond donors (Lipinski definition) is 0. The van der Waals surface area contributed by atoms with Gasteiger partial charge in [0.25, 0.3) is 6.33 Å². The van der Waals surface area contributed by atoms with Crippen LogP contribution in [0, 0.1) is 22.0 Å². The molecular weight excluding hydrogens is 614 g/mol. The Balaban J connectivity index is 1.95. The summed E-state index contributed by atoms with van der Waals surface area (Å²) in [5.74, 6) is -3.88. The van der Waals surface area contributed by atoms with Crippen LogP contribution in [0.15, 0.2) is 42.2 Å². The summed E-state index contributed by atoms with van der Waals surface area (Å²) in [7, 11) is 1.73. The molecule has 0 spiro atoms. The Morgan fingerprint density at radius 1 is 0.957 bits per heavy atom. The Hall–Kier alpha value is -4.80. The lowest BCUT2D eigenvalue weighted by Crippen LogP contribution is -2.62. The summed E-state index contributed by atoms with van der Waals surface area (Å²) in [5.41, 5.74) is 0.453. The van der Waals surface area contributed by atoms with Gasteiger partial charge in [-0.1, -0.05) is 13.0 Å². The van der Waals surface area contributed by atoms with E-state index < -0.39 is 90.6 Å². The number of carbonyl (C=O) groups excluding carboxylic acids is 5. The minimum Gasteiger partial charge on any atom is -0.465 e. The maximum Gasteiger partial charge on any atom is 0.511 e. The van der Waals surface area contributed by atoms with E-state index in [0.29, 0.717) is 5.57 Å². The number of esters is 4. The molecule has 0 bridgehead atoms. The topological polar surface area (TPSA) is 202 Å². The monoisotopic (exact) mass is 652 g/mol. The number of hydrogen-bond acceptors (Lipinski definition) is 14. The third-order valence-electron chi connectivity index (χ3n) is 7.07. The molecule has 2 aliphatic rings. The summed E-state index contributed by atoms with van der Waals surface area (Å²) in [6.45, 7) is 5.08. The van der Waals surface area contributed by atoms with Gasteiger partial charge >= 0.3 is 30.0 Å². The first-order valence-electron chi connectivity index (χ1n) is 14.3. The van der Waals surface area contributed by atoms with Crippen molar-refractivity contribution in [1.29, 1.82) is 0 Å². The molecule has 1 aliphatic heterocycles. The second-order valence-electron chi connectivity index (χ2n) is 10.9. The van der Waals surface area contributed by atoms with Crippen molar-refractivity contribution in [2.45, 2.75) is 71.7 Å². The van der Waals surface area contributed by atoms with Gasteiger partial charge in [0.2, 0.25) is 18.9 Å². The van der Waals surface area contributed by atoms with Crippen LogP contribution in [0.3, 0.4) is 0 Å². The van der Waals surface area contributed by atoms with E-state index in [2.05, 4.69) is 0 Å². The van der Waals surface area contributed by atoms with Crippen LogP contribution in [0.5, 0.6) is 0 Å². The fourth-order valence-corrected chi connectivity index (χ4v) is 5.13. The molecule has 3 rings (SSSR count). The molecule has 1 aromatic heterocycles. The minimum absolute atomic E-state index is 0.132. The highest BCUT2D eigenvalue weighted by atomic mass is 16.7. The quantitative estimate of drug-likeness (QED) is 0.108. The number of nitrogens with zero attached hydrogens (tertiary/aromatic N) is 3.